The van der Waals surface area contributed by atoms with E-state index in [4.69, 9.17) is 24.4 Å². The molecule has 0 fully saturated rings. The van der Waals surface area contributed by atoms with E-state index in [0.717, 1.165) is 33.8 Å². The Morgan fingerprint density at radius 1 is 0.463 bits per heavy atom. The molecule has 2 atom stereocenters. The van der Waals surface area contributed by atoms with Crippen molar-refractivity contribution in [1.82, 2.24) is 0 Å². The highest BCUT2D eigenvalue weighted by molar-refractivity contribution is 5.45. The number of rotatable bonds is 12. The summed E-state index contributed by atoms with van der Waals surface area (Å²) in [4.78, 5) is 0. The predicted molar refractivity (Wildman–Crippen MR) is 158 cm³/mol. The first-order valence-corrected chi connectivity index (χ1v) is 13.5. The molecule has 0 amide bonds. The van der Waals surface area contributed by atoms with Crippen LogP contribution < -0.4 is 14.2 Å². The van der Waals surface area contributed by atoms with Crippen LogP contribution in [-0.4, -0.2) is 46.2 Å². The van der Waals surface area contributed by atoms with E-state index < -0.39 is 25.8 Å². The van der Waals surface area contributed by atoms with Gasteiger partial charge in [0.25, 0.3) is 0 Å². The number of aliphatic hydroxyl groups excluding tert-OH is 4. The Balaban J connectivity index is 1.41. The summed E-state index contributed by atoms with van der Waals surface area (Å²) in [5.74, 6) is 2.45. The fourth-order valence-corrected chi connectivity index (χ4v) is 4.64. The molecule has 4 rings (SSSR count). The molecule has 216 valence electrons. The summed E-state index contributed by atoms with van der Waals surface area (Å²) in [7, 11) is 0. The Kier molecular flexibility index (Phi) is 9.35. The lowest BCUT2D eigenvalue weighted by Gasteiger charge is -2.27. The van der Waals surface area contributed by atoms with Crippen molar-refractivity contribution in [2.45, 2.75) is 51.1 Å². The second kappa shape index (κ2) is 12.7. The van der Waals surface area contributed by atoms with Crippen LogP contribution in [0.5, 0.6) is 23.0 Å². The Morgan fingerprint density at radius 2 is 0.707 bits per heavy atom. The van der Waals surface area contributed by atoms with Gasteiger partial charge in [0.1, 0.15) is 36.2 Å². The van der Waals surface area contributed by atoms with Crippen LogP contribution in [0.4, 0.5) is 0 Å². The minimum Gasteiger partial charge on any atom is -0.463 e. The number of hydrogen-bond donors (Lipinski definition) is 4. The molecule has 4 aromatic rings. The Hall–Kier alpha value is -3.88. The molecule has 0 saturated carbocycles. The van der Waals surface area contributed by atoms with Gasteiger partial charge in [-0.05, 0) is 70.8 Å². The first kappa shape index (κ1) is 30.1. The average Bonchev–Trinajstić information content (AvgIpc) is 2.98. The molecule has 0 heterocycles. The average molecular weight is 559 g/mol. The second-order valence-corrected chi connectivity index (χ2v) is 11.0. The highest BCUT2D eigenvalue weighted by atomic mass is 16.6. The lowest BCUT2D eigenvalue weighted by molar-refractivity contribution is -0.0550. The number of ether oxygens (including phenoxy) is 3. The van der Waals surface area contributed by atoms with E-state index in [-0.39, 0.29) is 10.8 Å². The van der Waals surface area contributed by atoms with Gasteiger partial charge in [-0.3, -0.25) is 0 Å². The van der Waals surface area contributed by atoms with E-state index in [1.54, 1.807) is 24.3 Å². The van der Waals surface area contributed by atoms with Gasteiger partial charge < -0.3 is 34.6 Å². The molecule has 0 radical (unpaired) electrons. The van der Waals surface area contributed by atoms with Crippen LogP contribution >= 0.6 is 0 Å². The van der Waals surface area contributed by atoms with Crippen LogP contribution in [0.3, 0.4) is 0 Å². The third-order valence-corrected chi connectivity index (χ3v) is 7.40. The fraction of sp³-hybridized carbons (Fsp3) is 0.294. The molecule has 7 heteroatoms. The summed E-state index contributed by atoms with van der Waals surface area (Å²) in [6.45, 7) is 7.63. The van der Waals surface area contributed by atoms with E-state index in [0.29, 0.717) is 11.5 Å². The maximum Gasteiger partial charge on any atom is 0.220 e. The van der Waals surface area contributed by atoms with Gasteiger partial charge in [0.15, 0.2) is 0 Å². The van der Waals surface area contributed by atoms with Gasteiger partial charge in [0.2, 0.25) is 12.6 Å². The highest BCUT2D eigenvalue weighted by Gasteiger charge is 2.25. The van der Waals surface area contributed by atoms with Crippen molar-refractivity contribution in [3.05, 3.63) is 119 Å². The van der Waals surface area contributed by atoms with Crippen molar-refractivity contribution >= 4 is 0 Å². The molecule has 0 aliphatic heterocycles. The third-order valence-electron chi connectivity index (χ3n) is 7.40. The zero-order valence-electron chi connectivity index (χ0n) is 23.8. The summed E-state index contributed by atoms with van der Waals surface area (Å²) >= 11 is 0. The minimum absolute atomic E-state index is 0.275. The first-order chi connectivity index (χ1) is 19.5. The second-order valence-electron chi connectivity index (χ2n) is 11.0. The topological polar surface area (TPSA) is 109 Å². The summed E-state index contributed by atoms with van der Waals surface area (Å²) in [5, 5.41) is 36.9. The molecular weight excluding hydrogens is 520 g/mol. The van der Waals surface area contributed by atoms with E-state index in [9.17, 15) is 10.2 Å². The van der Waals surface area contributed by atoms with Crippen LogP contribution in [0.2, 0.25) is 0 Å². The Morgan fingerprint density at radius 3 is 0.951 bits per heavy atom. The highest BCUT2D eigenvalue weighted by Crippen LogP contribution is 2.36. The van der Waals surface area contributed by atoms with E-state index in [1.807, 2.05) is 48.5 Å². The van der Waals surface area contributed by atoms with Crippen molar-refractivity contribution < 1.29 is 34.6 Å². The molecule has 0 spiro atoms. The van der Waals surface area contributed by atoms with Crippen molar-refractivity contribution in [1.29, 1.82) is 0 Å². The van der Waals surface area contributed by atoms with Crippen molar-refractivity contribution in [3.63, 3.8) is 0 Å². The molecule has 0 aromatic heterocycles. The summed E-state index contributed by atoms with van der Waals surface area (Å²) < 4.78 is 16.6. The maximum atomic E-state index is 9.48. The van der Waals surface area contributed by atoms with Crippen molar-refractivity contribution in [2.75, 3.05) is 13.2 Å². The van der Waals surface area contributed by atoms with Gasteiger partial charge in [-0.15, -0.1) is 0 Å². The zero-order valence-corrected chi connectivity index (χ0v) is 23.8. The van der Waals surface area contributed by atoms with Gasteiger partial charge in [-0.2, -0.15) is 0 Å². The minimum atomic E-state index is -1.24. The Labute approximate surface area is 241 Å². The molecule has 2 unspecified atom stereocenters. The molecule has 4 aromatic carbocycles. The van der Waals surface area contributed by atoms with E-state index >= 15 is 0 Å². The first-order valence-electron chi connectivity index (χ1n) is 13.5. The summed E-state index contributed by atoms with van der Waals surface area (Å²) in [6, 6.07) is 31.0. The van der Waals surface area contributed by atoms with Crippen LogP contribution in [0.1, 0.15) is 49.9 Å². The quantitative estimate of drug-likeness (QED) is 0.170. The largest absolute Gasteiger partial charge is 0.463 e. The Bertz CT molecular complexity index is 1270. The van der Waals surface area contributed by atoms with Crippen LogP contribution in [0.15, 0.2) is 97.1 Å². The molecule has 0 saturated heterocycles. The van der Waals surface area contributed by atoms with E-state index in [2.05, 4.69) is 52.0 Å². The molecular formula is C34H38O7. The SMILES string of the molecule is CC(C)(c1ccc(Oc2ccc(C(C)(C)c3ccc(OC(O)CO)cc3)cc2)cc1)c1ccc(OC(O)CO)cc1. The smallest absolute Gasteiger partial charge is 0.220 e. The van der Waals surface area contributed by atoms with Gasteiger partial charge in [-0.25, -0.2) is 0 Å². The zero-order chi connectivity index (χ0) is 29.6. The molecule has 0 aliphatic rings. The number of aliphatic hydroxyl groups is 4. The third kappa shape index (κ3) is 7.26. The maximum absolute atomic E-state index is 9.48. The standard InChI is InChI=1S/C34H38O7/c1-33(2,25-9-17-29(18-10-25)40-31(37)21-35)23-5-13-27(14-6-23)39-28-15-7-24(8-16-28)34(3,4)26-11-19-30(20-12-26)41-32(38)22-36/h5-20,31-32,35-38H,21-22H2,1-4H3. The lowest BCUT2D eigenvalue weighted by Crippen LogP contribution is -2.21. The fourth-order valence-electron chi connectivity index (χ4n) is 4.64. The predicted octanol–water partition coefficient (Wildman–Crippen LogP) is 5.51. The molecule has 0 aliphatic carbocycles. The normalized spacial score (nSPS) is 13.4. The van der Waals surface area contributed by atoms with Crippen LogP contribution in [0, 0.1) is 0 Å². The molecule has 0 bridgehead atoms. The number of hydrogen-bond acceptors (Lipinski definition) is 7. The lowest BCUT2D eigenvalue weighted by atomic mass is 9.78. The van der Waals surface area contributed by atoms with Gasteiger partial charge >= 0.3 is 0 Å². The van der Waals surface area contributed by atoms with Crippen LogP contribution in [-0.2, 0) is 10.8 Å². The van der Waals surface area contributed by atoms with Crippen molar-refractivity contribution in [2.24, 2.45) is 0 Å². The monoisotopic (exact) mass is 558 g/mol. The van der Waals surface area contributed by atoms with Gasteiger partial charge in [0, 0.05) is 10.8 Å². The summed E-state index contributed by atoms with van der Waals surface area (Å²) in [6.07, 6.45) is -2.48. The van der Waals surface area contributed by atoms with Gasteiger partial charge in [0.05, 0.1) is 0 Å². The van der Waals surface area contributed by atoms with Gasteiger partial charge in [-0.1, -0.05) is 76.2 Å². The summed E-state index contributed by atoms with van der Waals surface area (Å²) in [5.41, 5.74) is 3.85. The van der Waals surface area contributed by atoms with Crippen molar-refractivity contribution in [3.8, 4) is 23.0 Å². The van der Waals surface area contributed by atoms with Crippen LogP contribution in [0.25, 0.3) is 0 Å². The number of benzene rings is 4. The molecule has 41 heavy (non-hydrogen) atoms. The van der Waals surface area contributed by atoms with E-state index in [1.165, 1.54) is 0 Å². The molecule has 4 N–H and O–H groups in total. The molecule has 7 nitrogen and oxygen atoms in total.